The van der Waals surface area contributed by atoms with Crippen LogP contribution >= 0.6 is 7.60 Å². The quantitative estimate of drug-likeness (QED) is 0.0213. The van der Waals surface area contributed by atoms with Gasteiger partial charge >= 0.3 is 13.6 Å². The fourth-order valence-electron chi connectivity index (χ4n) is 11.5. The fraction of sp³-hybridized carbons (Fsp3) is 0.817. The largest absolute Gasteiger partial charge is 0.394 e. The van der Waals surface area contributed by atoms with E-state index in [1.165, 1.54) is 47.9 Å². The number of nitrogens with one attached hydrogen (secondary N) is 7. The first-order chi connectivity index (χ1) is 55.7. The molecule has 0 aliphatic carbocycles. The Morgan fingerprint density at radius 2 is 0.763 bits per heavy atom. The first-order valence-corrected chi connectivity index (χ1v) is 40.9. The van der Waals surface area contributed by atoms with Crippen LogP contribution in [0.3, 0.4) is 0 Å². The van der Waals surface area contributed by atoms with E-state index in [0.29, 0.717) is 5.56 Å². The second kappa shape index (κ2) is 61.6. The number of primary amides is 1. The van der Waals surface area contributed by atoms with E-state index >= 15 is 0 Å². The number of hydrogen-bond donors (Lipinski definition) is 32. The van der Waals surface area contributed by atoms with Gasteiger partial charge in [-0.2, -0.15) is 0 Å². The third kappa shape index (κ3) is 46.0. The molecule has 1 rings (SSSR count). The summed E-state index contributed by atoms with van der Waals surface area (Å²) in [5.41, 5.74) is 12.5. The first-order valence-electron chi connectivity index (χ1n) is 39.1. The molecule has 0 aromatic heterocycles. The molecule has 34 N–H and O–H groups in total. The van der Waals surface area contributed by atoms with E-state index in [4.69, 9.17) is 40.2 Å². The summed E-state index contributed by atoms with van der Waals surface area (Å²) in [4.78, 5) is 117. The standard InChI is InChI=1S/C71H134N11O35P/c1-41(2)57(70(109)79-47(13-9-20-75-71(73)110)67(106)76-43-16-14-42(36-83)15-17-43)80-69(108)46(12-5-8-22-82(34-50(90)60(99)64(103)54(94)39-86)35-51(91)61(100)65(104)55(95)40-87)78-68(107)45(11-3-6-19-74-56(96)18-23-114-24-25-115-26-27-116-28-29-117-30-31-118(111,112)113)77-66(105)44(72)10-4-7-21-81(32-48(88)58(97)62(101)52(92)37-84)33-49(89)59(98)63(102)53(93)38-85/h14-17,41,44-55,57-65,83-95,97-104H,3-13,18-40,72H2,1-2H3,(H,74,96)(H,76,106)(H,77,105)(H,78,107)(H,79,109)(H,80,108)(H3,73,75,110)(H2,111,112,113)/t44-,45-,46-,47-,48-,49-,50-,51-,52+,53+,54+,55+,57-,58+,59+,60+,61+,62+,63+,64+,65+/m0/s1. The molecule has 47 heteroatoms. The van der Waals surface area contributed by atoms with E-state index in [1.54, 1.807) is 0 Å². The van der Waals surface area contributed by atoms with Gasteiger partial charge in [0.05, 0.1) is 123 Å². The molecular weight excluding hydrogens is 1600 g/mol. The fourth-order valence-corrected chi connectivity index (χ4v) is 11.9. The van der Waals surface area contributed by atoms with Crippen LogP contribution in [-0.2, 0) is 58.9 Å². The number of benzene rings is 1. The van der Waals surface area contributed by atoms with Gasteiger partial charge < -0.3 is 185 Å². The summed E-state index contributed by atoms with van der Waals surface area (Å²) in [6.45, 7) is -3.73. The Bertz CT molecular complexity index is 2910. The summed E-state index contributed by atoms with van der Waals surface area (Å²) in [6.07, 6.45) is -33.7. The third-order valence-electron chi connectivity index (χ3n) is 18.8. The van der Waals surface area contributed by atoms with Crippen LogP contribution < -0.4 is 48.7 Å². The van der Waals surface area contributed by atoms with Crippen LogP contribution in [-0.4, -0.2) is 434 Å². The number of nitrogens with two attached hydrogens (primary N) is 2. The number of amides is 8. The predicted octanol–water partition coefficient (Wildman–Crippen LogP) is -12.9. The highest BCUT2D eigenvalue weighted by atomic mass is 31.2. The molecule has 0 saturated heterocycles. The van der Waals surface area contributed by atoms with Gasteiger partial charge in [0.25, 0.3) is 0 Å². The van der Waals surface area contributed by atoms with Crippen molar-refractivity contribution in [1.29, 1.82) is 0 Å². The molecule has 0 fully saturated rings. The van der Waals surface area contributed by atoms with Crippen LogP contribution in [0.1, 0.15) is 96.5 Å². The van der Waals surface area contributed by atoms with E-state index in [-0.39, 0.29) is 168 Å². The predicted molar refractivity (Wildman–Crippen MR) is 415 cm³/mol. The van der Waals surface area contributed by atoms with Crippen LogP contribution in [0.4, 0.5) is 10.5 Å². The number of nitrogens with zero attached hydrogens (tertiary/aromatic N) is 2. The maximum absolute atomic E-state index is 15.0. The van der Waals surface area contributed by atoms with Crippen molar-refractivity contribution in [3.63, 3.8) is 0 Å². The molecule has 0 unspecified atom stereocenters. The van der Waals surface area contributed by atoms with Crippen molar-refractivity contribution in [1.82, 2.24) is 41.7 Å². The molecule has 1 aromatic carbocycles. The zero-order valence-corrected chi connectivity index (χ0v) is 67.6. The van der Waals surface area contributed by atoms with Gasteiger partial charge in [0, 0.05) is 51.4 Å². The molecule has 46 nitrogen and oxygen atoms in total. The first kappa shape index (κ1) is 110. The van der Waals surface area contributed by atoms with Crippen molar-refractivity contribution in [3.05, 3.63) is 29.8 Å². The Hall–Kier alpha value is -5.66. The second-order valence-corrected chi connectivity index (χ2v) is 30.7. The lowest BCUT2D eigenvalue weighted by Gasteiger charge is -2.33. The molecule has 118 heavy (non-hydrogen) atoms. The Morgan fingerprint density at radius 3 is 1.16 bits per heavy atom. The van der Waals surface area contributed by atoms with E-state index < -0.39 is 242 Å². The van der Waals surface area contributed by atoms with Gasteiger partial charge in [-0.15, -0.1) is 0 Å². The minimum atomic E-state index is -4.18. The lowest BCUT2D eigenvalue weighted by Crippen LogP contribution is -2.59. The average Bonchev–Trinajstić information content (AvgIpc) is 0.935. The smallest absolute Gasteiger partial charge is 0.327 e. The third-order valence-corrected chi connectivity index (χ3v) is 19.5. The van der Waals surface area contributed by atoms with Gasteiger partial charge in [0.2, 0.25) is 35.4 Å². The Morgan fingerprint density at radius 1 is 0.415 bits per heavy atom. The molecule has 1 aromatic rings. The topological polar surface area (TPSA) is 782 Å². The summed E-state index contributed by atoms with van der Waals surface area (Å²) < 4.78 is 32.3. The van der Waals surface area contributed by atoms with Crippen LogP contribution in [0.5, 0.6) is 0 Å². The average molecular weight is 1730 g/mol. The van der Waals surface area contributed by atoms with Crippen molar-refractivity contribution in [2.75, 3.05) is 143 Å². The summed E-state index contributed by atoms with van der Waals surface area (Å²) in [7, 11) is -4.18. The Kier molecular flexibility index (Phi) is 57.6. The summed E-state index contributed by atoms with van der Waals surface area (Å²) in [5.74, 6) is -5.93. The number of carbonyl (C=O) groups excluding carboxylic acids is 7. The van der Waals surface area contributed by atoms with E-state index in [9.17, 15) is 145 Å². The van der Waals surface area contributed by atoms with Crippen LogP contribution in [0, 0.1) is 5.92 Å². The number of aliphatic hydroxyl groups is 21. The molecule has 21 atom stereocenters. The van der Waals surface area contributed by atoms with Gasteiger partial charge in [0.15, 0.2) is 0 Å². The number of ether oxygens (including phenoxy) is 4. The molecule has 0 heterocycles. The van der Waals surface area contributed by atoms with Crippen LogP contribution in [0.25, 0.3) is 0 Å². The van der Waals surface area contributed by atoms with Crippen molar-refractivity contribution < 1.29 is 174 Å². The summed E-state index contributed by atoms with van der Waals surface area (Å²) in [5, 5.41) is 233. The number of rotatable bonds is 70. The van der Waals surface area contributed by atoms with Crippen molar-refractivity contribution in [2.45, 2.75) is 225 Å². The molecule has 0 saturated carbocycles. The Balaban J connectivity index is 3.85. The van der Waals surface area contributed by atoms with E-state index in [1.807, 2.05) is 0 Å². The molecule has 0 bridgehead atoms. The Labute approximate surface area is 684 Å². The minimum Gasteiger partial charge on any atom is -0.394 e. The number of urea groups is 1. The van der Waals surface area contributed by atoms with Crippen LogP contribution in [0.15, 0.2) is 24.3 Å². The molecule has 0 aliphatic heterocycles. The summed E-state index contributed by atoms with van der Waals surface area (Å²) >= 11 is 0. The molecular formula is C71H134N11O35P. The van der Waals surface area contributed by atoms with Crippen LogP contribution in [0.2, 0.25) is 0 Å². The lowest BCUT2D eigenvalue weighted by molar-refractivity contribution is -0.135. The number of anilines is 1. The SMILES string of the molecule is CC(C)[C@H](NC(=O)[C@H](CCCCN(C[C@H](O)[C@@H](O)[C@H](O)[C@H](O)CO)C[C@H](O)[C@@H](O)[C@H](O)[C@H](O)CO)NC(=O)[C@H](CCCCNC(=O)CCOCCOCCOCCOCCP(=O)(O)O)NC(=O)[C@@H](N)CCCCN(C[C@H](O)[C@@H](O)[C@H](O)[C@H](O)CO)C[C@H](O)[C@@H](O)[C@H](O)[C@H](O)CO)C(=O)N[C@@H](CCCNC(N)=O)C(=O)Nc1ccc(CO)cc1. The van der Waals surface area contributed by atoms with Gasteiger partial charge in [-0.1, -0.05) is 32.4 Å². The monoisotopic (exact) mass is 1730 g/mol. The molecule has 688 valence electrons. The zero-order valence-electron chi connectivity index (χ0n) is 66.7. The number of hydrogen-bond acceptors (Lipinski definition) is 36. The highest BCUT2D eigenvalue weighted by molar-refractivity contribution is 7.51. The van der Waals surface area contributed by atoms with E-state index in [0.717, 1.165) is 0 Å². The molecule has 0 radical (unpaired) electrons. The minimum absolute atomic E-state index is 0.0173. The maximum Gasteiger partial charge on any atom is 0.327 e. The summed E-state index contributed by atoms with van der Waals surface area (Å²) in [6, 6.07) is -2.41. The van der Waals surface area contributed by atoms with E-state index in [2.05, 4.69) is 37.2 Å². The van der Waals surface area contributed by atoms with Gasteiger partial charge in [-0.25, -0.2) is 4.79 Å². The zero-order chi connectivity index (χ0) is 89.2. The number of carbonyl (C=O) groups is 7. The highest BCUT2D eigenvalue weighted by Gasteiger charge is 2.39. The van der Waals surface area contributed by atoms with Crippen molar-refractivity contribution >= 4 is 54.8 Å². The maximum atomic E-state index is 15.0. The highest BCUT2D eigenvalue weighted by Crippen LogP contribution is 2.33. The molecule has 0 aliphatic rings. The normalized spacial score (nSPS) is 17.5. The molecule has 8 amide bonds. The number of unbranched alkanes of at least 4 members (excludes halogenated alkanes) is 3. The lowest BCUT2D eigenvalue weighted by atomic mass is 9.99. The van der Waals surface area contributed by atoms with Gasteiger partial charge in [-0.3, -0.25) is 43.1 Å². The van der Waals surface area contributed by atoms with Crippen molar-refractivity contribution in [3.8, 4) is 0 Å². The second-order valence-electron chi connectivity index (χ2n) is 28.9. The van der Waals surface area contributed by atoms with Gasteiger partial charge in [-0.05, 0) is 101 Å². The van der Waals surface area contributed by atoms with Gasteiger partial charge in [0.1, 0.15) is 97.4 Å². The molecule has 0 spiro atoms. The van der Waals surface area contributed by atoms with Crippen molar-refractivity contribution in [2.24, 2.45) is 17.4 Å². The number of aliphatic hydroxyl groups excluding tert-OH is 21.